The Kier molecular flexibility index (Phi) is 4.83. The van der Waals surface area contributed by atoms with Gasteiger partial charge in [0.05, 0.1) is 0 Å². The Morgan fingerprint density at radius 3 is 2.94 bits per heavy atom. The van der Waals surface area contributed by atoms with Gasteiger partial charge in [-0.05, 0) is 47.6 Å². The molecule has 6 heteroatoms. The summed E-state index contributed by atoms with van der Waals surface area (Å²) in [5.74, 6) is 1.13. The topological polar surface area (TPSA) is 63.8 Å². The maximum absolute atomic E-state index is 5.56. The first kappa shape index (κ1) is 13.2. The number of halogens is 1. The van der Waals surface area contributed by atoms with E-state index in [9.17, 15) is 0 Å². The van der Waals surface area contributed by atoms with Crippen molar-refractivity contribution in [3.63, 3.8) is 0 Å². The Bertz CT molecular complexity index is 483. The van der Waals surface area contributed by atoms with Crippen molar-refractivity contribution >= 4 is 15.9 Å². The lowest BCUT2D eigenvalue weighted by molar-refractivity contribution is 0.491. The van der Waals surface area contributed by atoms with Crippen molar-refractivity contribution < 1.29 is 4.42 Å². The molecule has 0 amide bonds. The van der Waals surface area contributed by atoms with Crippen LogP contribution in [-0.2, 0) is 6.42 Å². The number of rotatable bonds is 6. The third-order valence-electron chi connectivity index (χ3n) is 2.41. The van der Waals surface area contributed by atoms with E-state index in [0.717, 1.165) is 30.4 Å². The molecule has 0 unspecified atom stereocenters. The third kappa shape index (κ3) is 3.61. The lowest BCUT2D eigenvalue weighted by Crippen LogP contribution is -2.14. The summed E-state index contributed by atoms with van der Waals surface area (Å²) in [7, 11) is 0. The molecule has 5 nitrogen and oxygen atoms in total. The number of nitrogens with zero attached hydrogens (tertiary/aromatic N) is 3. The van der Waals surface area contributed by atoms with Gasteiger partial charge >= 0.3 is 0 Å². The minimum Gasteiger partial charge on any atom is -0.419 e. The van der Waals surface area contributed by atoms with Crippen LogP contribution in [0.3, 0.4) is 0 Å². The summed E-state index contributed by atoms with van der Waals surface area (Å²) in [4.78, 5) is 4.22. The smallest absolute Gasteiger partial charge is 0.266 e. The summed E-state index contributed by atoms with van der Waals surface area (Å²) in [6.07, 6.45) is 3.49. The molecular weight excluding hydrogens is 296 g/mol. The van der Waals surface area contributed by atoms with Crippen LogP contribution in [0.2, 0.25) is 0 Å². The summed E-state index contributed by atoms with van der Waals surface area (Å²) in [6.45, 7) is 4.03. The monoisotopic (exact) mass is 310 g/mol. The fourth-order valence-electron chi connectivity index (χ4n) is 1.50. The van der Waals surface area contributed by atoms with Gasteiger partial charge in [0, 0.05) is 17.1 Å². The van der Waals surface area contributed by atoms with E-state index in [1.165, 1.54) is 0 Å². The van der Waals surface area contributed by atoms with E-state index in [1.54, 1.807) is 6.20 Å². The molecule has 0 spiro atoms. The third-order valence-corrected chi connectivity index (χ3v) is 2.88. The standard InChI is InChI=1S/C12H15BrN4O/c1-2-14-7-3-4-11-16-17-12(18-11)10-6-5-9(13)8-15-10/h5-6,8,14H,2-4,7H2,1H3. The van der Waals surface area contributed by atoms with Gasteiger partial charge in [-0.2, -0.15) is 0 Å². The van der Waals surface area contributed by atoms with Gasteiger partial charge in [-0.1, -0.05) is 6.92 Å². The number of hydrogen-bond acceptors (Lipinski definition) is 5. The van der Waals surface area contributed by atoms with Crippen LogP contribution in [0.15, 0.2) is 27.2 Å². The number of nitrogens with one attached hydrogen (secondary N) is 1. The maximum atomic E-state index is 5.56. The Morgan fingerprint density at radius 1 is 1.33 bits per heavy atom. The Labute approximate surface area is 114 Å². The summed E-state index contributed by atoms with van der Waals surface area (Å²) in [5, 5.41) is 11.3. The van der Waals surface area contributed by atoms with Crippen molar-refractivity contribution in [2.75, 3.05) is 13.1 Å². The molecule has 0 aliphatic heterocycles. The Hall–Kier alpha value is -1.27. The van der Waals surface area contributed by atoms with Gasteiger partial charge < -0.3 is 9.73 Å². The van der Waals surface area contributed by atoms with Gasteiger partial charge in [-0.3, -0.25) is 0 Å². The maximum Gasteiger partial charge on any atom is 0.266 e. The van der Waals surface area contributed by atoms with Crippen LogP contribution in [-0.4, -0.2) is 28.3 Å². The molecule has 0 atom stereocenters. The van der Waals surface area contributed by atoms with Crippen molar-refractivity contribution in [1.29, 1.82) is 0 Å². The fraction of sp³-hybridized carbons (Fsp3) is 0.417. The van der Waals surface area contributed by atoms with Crippen molar-refractivity contribution in [3.8, 4) is 11.6 Å². The molecule has 2 heterocycles. The zero-order valence-corrected chi connectivity index (χ0v) is 11.8. The van der Waals surface area contributed by atoms with Crippen LogP contribution in [0.25, 0.3) is 11.6 Å². The molecule has 2 aromatic heterocycles. The molecule has 0 radical (unpaired) electrons. The zero-order chi connectivity index (χ0) is 12.8. The summed E-state index contributed by atoms with van der Waals surface area (Å²) in [5.41, 5.74) is 0.698. The van der Waals surface area contributed by atoms with Crippen LogP contribution in [0.5, 0.6) is 0 Å². The molecule has 0 aliphatic carbocycles. The molecule has 0 aromatic carbocycles. The van der Waals surface area contributed by atoms with Crippen LogP contribution in [0.1, 0.15) is 19.2 Å². The quantitative estimate of drug-likeness (QED) is 0.830. The van der Waals surface area contributed by atoms with Gasteiger partial charge in [-0.15, -0.1) is 10.2 Å². The number of pyridine rings is 1. The second-order valence-corrected chi connectivity index (χ2v) is 4.74. The van der Waals surface area contributed by atoms with Gasteiger partial charge in [0.25, 0.3) is 5.89 Å². The number of aromatic nitrogens is 3. The molecule has 0 saturated carbocycles. The summed E-state index contributed by atoms with van der Waals surface area (Å²) < 4.78 is 6.49. The van der Waals surface area contributed by atoms with E-state index in [2.05, 4.69) is 43.4 Å². The van der Waals surface area contributed by atoms with Crippen molar-refractivity contribution in [2.45, 2.75) is 19.8 Å². The predicted molar refractivity (Wildman–Crippen MR) is 72.1 cm³/mol. The molecule has 0 aliphatic rings. The number of hydrogen-bond donors (Lipinski definition) is 1. The first-order chi connectivity index (χ1) is 8.79. The molecule has 0 bridgehead atoms. The molecule has 0 fully saturated rings. The van der Waals surface area contributed by atoms with Gasteiger partial charge in [0.1, 0.15) is 5.69 Å². The molecule has 2 aromatic rings. The van der Waals surface area contributed by atoms with Crippen molar-refractivity contribution in [3.05, 3.63) is 28.7 Å². The van der Waals surface area contributed by atoms with E-state index < -0.39 is 0 Å². The van der Waals surface area contributed by atoms with Crippen LogP contribution >= 0.6 is 15.9 Å². The largest absolute Gasteiger partial charge is 0.419 e. The normalized spacial score (nSPS) is 10.8. The zero-order valence-electron chi connectivity index (χ0n) is 10.2. The second-order valence-electron chi connectivity index (χ2n) is 3.82. The minimum absolute atomic E-state index is 0.473. The van der Waals surface area contributed by atoms with Crippen LogP contribution in [0.4, 0.5) is 0 Å². The highest BCUT2D eigenvalue weighted by Gasteiger charge is 2.09. The first-order valence-electron chi connectivity index (χ1n) is 5.94. The van der Waals surface area contributed by atoms with E-state index in [0.29, 0.717) is 17.5 Å². The molecule has 18 heavy (non-hydrogen) atoms. The predicted octanol–water partition coefficient (Wildman–Crippen LogP) is 2.44. The van der Waals surface area contributed by atoms with E-state index >= 15 is 0 Å². The summed E-state index contributed by atoms with van der Waals surface area (Å²) >= 11 is 3.34. The van der Waals surface area contributed by atoms with Crippen LogP contribution < -0.4 is 5.32 Å². The molecule has 2 rings (SSSR count). The van der Waals surface area contributed by atoms with E-state index in [4.69, 9.17) is 4.42 Å². The van der Waals surface area contributed by atoms with Crippen molar-refractivity contribution in [1.82, 2.24) is 20.5 Å². The number of aryl methyl sites for hydroxylation is 1. The van der Waals surface area contributed by atoms with E-state index in [1.807, 2.05) is 12.1 Å². The lowest BCUT2D eigenvalue weighted by Gasteiger charge is -1.97. The SMILES string of the molecule is CCNCCCc1nnc(-c2ccc(Br)cn2)o1. The Morgan fingerprint density at radius 2 is 2.22 bits per heavy atom. The highest BCUT2D eigenvalue weighted by Crippen LogP contribution is 2.17. The van der Waals surface area contributed by atoms with Gasteiger partial charge in [0.2, 0.25) is 5.89 Å². The Balaban J connectivity index is 1.95. The van der Waals surface area contributed by atoms with Gasteiger partial charge in [-0.25, -0.2) is 4.98 Å². The molecular formula is C12H15BrN4O. The summed E-state index contributed by atoms with van der Waals surface area (Å²) in [6, 6.07) is 3.75. The molecule has 96 valence electrons. The molecule has 0 saturated heterocycles. The highest BCUT2D eigenvalue weighted by molar-refractivity contribution is 9.10. The molecule has 1 N–H and O–H groups in total. The average molecular weight is 311 g/mol. The van der Waals surface area contributed by atoms with Crippen LogP contribution in [0, 0.1) is 0 Å². The average Bonchev–Trinajstić information content (AvgIpc) is 2.84. The second kappa shape index (κ2) is 6.61. The van der Waals surface area contributed by atoms with E-state index in [-0.39, 0.29) is 0 Å². The minimum atomic E-state index is 0.473. The first-order valence-corrected chi connectivity index (χ1v) is 6.74. The fourth-order valence-corrected chi connectivity index (χ4v) is 1.74. The van der Waals surface area contributed by atoms with Gasteiger partial charge in [0.15, 0.2) is 0 Å². The highest BCUT2D eigenvalue weighted by atomic mass is 79.9. The lowest BCUT2D eigenvalue weighted by atomic mass is 10.3. The van der Waals surface area contributed by atoms with Crippen molar-refractivity contribution in [2.24, 2.45) is 0 Å².